The van der Waals surface area contributed by atoms with Gasteiger partial charge in [0.1, 0.15) is 0 Å². The van der Waals surface area contributed by atoms with Crippen molar-refractivity contribution in [3.63, 3.8) is 0 Å². The van der Waals surface area contributed by atoms with Crippen LogP contribution >= 0.6 is 0 Å². The lowest BCUT2D eigenvalue weighted by Gasteiger charge is -2.05. The first kappa shape index (κ1) is 11.6. The Kier molecular flexibility index (Phi) is 3.38. The molecule has 0 saturated heterocycles. The Bertz CT molecular complexity index is 579. The Morgan fingerprint density at radius 3 is 2.47 bits per heavy atom. The van der Waals surface area contributed by atoms with E-state index in [0.717, 1.165) is 22.9 Å². The van der Waals surface area contributed by atoms with E-state index in [2.05, 4.69) is 6.07 Å². The lowest BCUT2D eigenvalue weighted by Crippen LogP contribution is -2.02. The summed E-state index contributed by atoms with van der Waals surface area (Å²) >= 11 is 0. The second-order valence-electron chi connectivity index (χ2n) is 4.06. The van der Waals surface area contributed by atoms with Crippen LogP contribution in [0.25, 0.3) is 10.8 Å². The van der Waals surface area contributed by atoms with Crippen molar-refractivity contribution >= 4 is 16.6 Å². The van der Waals surface area contributed by atoms with Gasteiger partial charge in [0.15, 0.2) is 5.78 Å². The third-order valence-corrected chi connectivity index (χ3v) is 3.03. The highest BCUT2D eigenvalue weighted by Gasteiger charge is 2.09. The molecule has 1 nitrogen and oxygen atoms in total. The van der Waals surface area contributed by atoms with Crippen molar-refractivity contribution in [1.29, 1.82) is 0 Å². The number of ketones is 1. The molecule has 1 heteroatoms. The van der Waals surface area contributed by atoms with Crippen LogP contribution in [0.2, 0.25) is 0 Å². The predicted molar refractivity (Wildman–Crippen MR) is 72.3 cm³/mol. The van der Waals surface area contributed by atoms with Crippen LogP contribution in [-0.4, -0.2) is 5.78 Å². The molecule has 0 aliphatic carbocycles. The molecule has 2 aromatic carbocycles. The Morgan fingerprint density at radius 2 is 1.82 bits per heavy atom. The zero-order chi connectivity index (χ0) is 12.3. The van der Waals surface area contributed by atoms with Gasteiger partial charge in [-0.05, 0) is 35.8 Å². The third-order valence-electron chi connectivity index (χ3n) is 3.03. The van der Waals surface area contributed by atoms with Crippen LogP contribution in [0.5, 0.6) is 0 Å². The number of benzene rings is 2. The average Bonchev–Trinajstić information content (AvgIpc) is 2.39. The van der Waals surface area contributed by atoms with E-state index in [9.17, 15) is 4.79 Å². The van der Waals surface area contributed by atoms with E-state index in [1.807, 2.05) is 56.3 Å². The molecule has 0 N–H and O–H groups in total. The van der Waals surface area contributed by atoms with Crippen LogP contribution in [0.3, 0.4) is 0 Å². The van der Waals surface area contributed by atoms with Crippen LogP contribution in [0.4, 0.5) is 0 Å². The van der Waals surface area contributed by atoms with Gasteiger partial charge in [-0.2, -0.15) is 0 Å². The molecule has 17 heavy (non-hydrogen) atoms. The fourth-order valence-corrected chi connectivity index (χ4v) is 2.01. The third kappa shape index (κ3) is 2.28. The minimum atomic E-state index is 0.140. The van der Waals surface area contributed by atoms with Gasteiger partial charge in [-0.1, -0.05) is 49.4 Å². The summed E-state index contributed by atoms with van der Waals surface area (Å²) in [6, 6.07) is 14.0. The van der Waals surface area contributed by atoms with Crippen LogP contribution < -0.4 is 0 Å². The first-order chi connectivity index (χ1) is 8.26. The van der Waals surface area contributed by atoms with Crippen molar-refractivity contribution in [2.24, 2.45) is 0 Å². The topological polar surface area (TPSA) is 17.1 Å². The van der Waals surface area contributed by atoms with Gasteiger partial charge in [-0.15, -0.1) is 0 Å². The molecule has 2 rings (SSSR count). The summed E-state index contributed by atoms with van der Waals surface area (Å²) in [5.74, 6) is 0.140. The van der Waals surface area contributed by atoms with Gasteiger partial charge in [0.05, 0.1) is 0 Å². The quantitative estimate of drug-likeness (QED) is 0.558. The smallest absolute Gasteiger partial charge is 0.188 e. The maximum atomic E-state index is 12.2. The van der Waals surface area contributed by atoms with E-state index < -0.39 is 0 Å². The highest BCUT2D eigenvalue weighted by molar-refractivity contribution is 6.10. The monoisotopic (exact) mass is 224 g/mol. The fraction of sp³-hybridized carbons (Fsp3) is 0.188. The molecule has 2 aromatic rings. The number of hydrogen-bond acceptors (Lipinski definition) is 1. The van der Waals surface area contributed by atoms with Crippen LogP contribution in [0, 0.1) is 0 Å². The van der Waals surface area contributed by atoms with Crippen molar-refractivity contribution in [1.82, 2.24) is 0 Å². The van der Waals surface area contributed by atoms with Crippen LogP contribution in [0.1, 0.15) is 30.6 Å². The number of allylic oxidation sites excluding steroid dienone is 2. The summed E-state index contributed by atoms with van der Waals surface area (Å²) in [5.41, 5.74) is 1.65. The van der Waals surface area contributed by atoms with Gasteiger partial charge in [0.2, 0.25) is 0 Å². The lowest BCUT2D eigenvalue weighted by molar-refractivity contribution is 0.103. The zero-order valence-corrected chi connectivity index (χ0v) is 10.2. The Labute approximate surface area is 102 Å². The van der Waals surface area contributed by atoms with Gasteiger partial charge in [-0.3, -0.25) is 4.79 Å². The Balaban J connectivity index is 2.46. The van der Waals surface area contributed by atoms with E-state index in [1.165, 1.54) is 5.39 Å². The van der Waals surface area contributed by atoms with Crippen LogP contribution in [-0.2, 0) is 0 Å². The van der Waals surface area contributed by atoms with Gasteiger partial charge >= 0.3 is 0 Å². The molecule has 0 fully saturated rings. The maximum Gasteiger partial charge on any atom is 0.188 e. The molecular formula is C16H16O. The van der Waals surface area contributed by atoms with Gasteiger partial charge < -0.3 is 0 Å². The Hall–Kier alpha value is -1.89. The van der Waals surface area contributed by atoms with Crippen molar-refractivity contribution in [2.75, 3.05) is 0 Å². The molecular weight excluding hydrogens is 208 g/mol. The number of hydrogen-bond donors (Lipinski definition) is 0. The molecule has 0 aromatic heterocycles. The number of carbonyl (C=O) groups is 1. The van der Waals surface area contributed by atoms with E-state index in [0.29, 0.717) is 0 Å². The Morgan fingerprint density at radius 1 is 1.12 bits per heavy atom. The van der Waals surface area contributed by atoms with Gasteiger partial charge in [0, 0.05) is 5.56 Å². The lowest BCUT2D eigenvalue weighted by atomic mass is 9.98. The van der Waals surface area contributed by atoms with E-state index >= 15 is 0 Å². The van der Waals surface area contributed by atoms with Crippen molar-refractivity contribution in [3.05, 3.63) is 59.7 Å². The average molecular weight is 224 g/mol. The summed E-state index contributed by atoms with van der Waals surface area (Å²) in [4.78, 5) is 12.2. The number of Topliss-reactive ketones (excluding diaryl/α,β-unsaturated/α-hetero) is 1. The highest BCUT2D eigenvalue weighted by Crippen LogP contribution is 2.18. The summed E-state index contributed by atoms with van der Waals surface area (Å²) in [6.07, 6.45) is 2.68. The molecule has 0 radical (unpaired) electrons. The van der Waals surface area contributed by atoms with Gasteiger partial charge in [-0.25, -0.2) is 0 Å². The number of fused-ring (bicyclic) bond motifs is 1. The molecule has 0 aliphatic heterocycles. The first-order valence-corrected chi connectivity index (χ1v) is 5.95. The van der Waals surface area contributed by atoms with Crippen molar-refractivity contribution in [3.8, 4) is 0 Å². The van der Waals surface area contributed by atoms with Crippen molar-refractivity contribution in [2.45, 2.75) is 20.3 Å². The summed E-state index contributed by atoms with van der Waals surface area (Å²) in [6.45, 7) is 3.92. The standard InChI is InChI=1S/C16H16O/c1-3-12(4-2)16(17)15-10-9-13-7-5-6-8-14(13)11-15/h3,5-11H,4H2,1-2H3/b12-3-. The predicted octanol–water partition coefficient (Wildman–Crippen LogP) is 4.38. The molecule has 0 saturated carbocycles. The van der Waals surface area contributed by atoms with E-state index in [4.69, 9.17) is 0 Å². The first-order valence-electron chi connectivity index (χ1n) is 5.95. The largest absolute Gasteiger partial charge is 0.289 e. The van der Waals surface area contributed by atoms with Gasteiger partial charge in [0.25, 0.3) is 0 Å². The molecule has 0 aliphatic rings. The minimum Gasteiger partial charge on any atom is -0.289 e. The number of carbonyl (C=O) groups excluding carboxylic acids is 1. The maximum absolute atomic E-state index is 12.2. The molecule has 86 valence electrons. The SMILES string of the molecule is C/C=C(/CC)C(=O)c1ccc2ccccc2c1. The second-order valence-corrected chi connectivity index (χ2v) is 4.06. The summed E-state index contributed by atoms with van der Waals surface area (Å²) in [5, 5.41) is 2.28. The zero-order valence-electron chi connectivity index (χ0n) is 10.2. The van der Waals surface area contributed by atoms with E-state index in [-0.39, 0.29) is 5.78 Å². The molecule has 0 atom stereocenters. The molecule has 0 bridgehead atoms. The fourth-order valence-electron chi connectivity index (χ4n) is 2.01. The normalized spacial score (nSPS) is 11.8. The second kappa shape index (κ2) is 4.96. The summed E-state index contributed by atoms with van der Waals surface area (Å²) < 4.78 is 0. The van der Waals surface area contributed by atoms with Crippen LogP contribution in [0.15, 0.2) is 54.1 Å². The van der Waals surface area contributed by atoms with E-state index in [1.54, 1.807) is 0 Å². The minimum absolute atomic E-state index is 0.140. The molecule has 0 heterocycles. The number of rotatable bonds is 3. The molecule has 0 spiro atoms. The summed E-state index contributed by atoms with van der Waals surface area (Å²) in [7, 11) is 0. The molecule has 0 unspecified atom stereocenters. The molecule has 0 amide bonds. The highest BCUT2D eigenvalue weighted by atomic mass is 16.1. The van der Waals surface area contributed by atoms with Crippen molar-refractivity contribution < 1.29 is 4.79 Å².